The average Bonchev–Trinajstić information content (AvgIpc) is 2.65. The minimum Gasteiger partial charge on any atom is -0.356 e. The molecular formula is C19H32ClN3O3S. The second-order valence-electron chi connectivity index (χ2n) is 7.15. The van der Waals surface area contributed by atoms with Gasteiger partial charge in [0.15, 0.2) is 0 Å². The second kappa shape index (κ2) is 11.0. The number of rotatable bonds is 8. The van der Waals surface area contributed by atoms with Crippen molar-refractivity contribution in [1.82, 2.24) is 14.9 Å². The number of carbonyl (C=O) groups is 1. The number of halogens is 1. The first-order valence-electron chi connectivity index (χ1n) is 9.38. The molecule has 1 aromatic rings. The van der Waals surface area contributed by atoms with Gasteiger partial charge in [0, 0.05) is 25.6 Å². The lowest BCUT2D eigenvalue weighted by Gasteiger charge is -2.30. The van der Waals surface area contributed by atoms with E-state index in [0.717, 1.165) is 18.5 Å². The lowest BCUT2D eigenvalue weighted by molar-refractivity contribution is -0.126. The van der Waals surface area contributed by atoms with E-state index < -0.39 is 10.0 Å². The lowest BCUT2D eigenvalue weighted by Crippen LogP contribution is -2.43. The predicted octanol–water partition coefficient (Wildman–Crippen LogP) is 2.36. The topological polar surface area (TPSA) is 78.5 Å². The summed E-state index contributed by atoms with van der Waals surface area (Å²) in [6, 6.07) is 7.13. The Morgan fingerprint density at radius 1 is 1.15 bits per heavy atom. The van der Waals surface area contributed by atoms with E-state index in [1.165, 1.54) is 4.31 Å². The zero-order chi connectivity index (χ0) is 19.2. The molecule has 6 nitrogen and oxygen atoms in total. The van der Waals surface area contributed by atoms with Crippen molar-refractivity contribution in [2.24, 2.45) is 5.92 Å². The summed E-state index contributed by atoms with van der Waals surface area (Å²) in [5.74, 6) is 0.313. The quantitative estimate of drug-likeness (QED) is 0.636. The number of sulfonamides is 1. The van der Waals surface area contributed by atoms with Crippen molar-refractivity contribution in [3.63, 3.8) is 0 Å². The Hall–Kier alpha value is -1.15. The van der Waals surface area contributed by atoms with Gasteiger partial charge in [-0.3, -0.25) is 4.79 Å². The zero-order valence-electron chi connectivity index (χ0n) is 16.4. The highest BCUT2D eigenvalue weighted by atomic mass is 35.5. The van der Waals surface area contributed by atoms with Gasteiger partial charge in [0.2, 0.25) is 15.9 Å². The first kappa shape index (κ1) is 23.9. The Kier molecular flexibility index (Phi) is 9.73. The van der Waals surface area contributed by atoms with Gasteiger partial charge in [-0.25, -0.2) is 8.42 Å². The minimum atomic E-state index is -3.48. The summed E-state index contributed by atoms with van der Waals surface area (Å²) in [7, 11) is -1.60. The van der Waals surface area contributed by atoms with Crippen molar-refractivity contribution in [3.05, 3.63) is 29.8 Å². The fraction of sp³-hybridized carbons (Fsp3) is 0.632. The average molecular weight is 418 g/mol. The number of hydrogen-bond donors (Lipinski definition) is 2. The molecule has 2 rings (SSSR count). The van der Waals surface area contributed by atoms with Crippen LogP contribution in [0.1, 0.15) is 44.6 Å². The highest BCUT2D eigenvalue weighted by Crippen LogP contribution is 2.25. The van der Waals surface area contributed by atoms with Crippen LogP contribution in [-0.4, -0.2) is 51.9 Å². The maximum Gasteiger partial charge on any atom is 0.243 e. The highest BCUT2D eigenvalue weighted by Gasteiger charge is 2.31. The van der Waals surface area contributed by atoms with E-state index in [1.54, 1.807) is 12.1 Å². The normalized spacial score (nSPS) is 16.1. The van der Waals surface area contributed by atoms with Crippen LogP contribution in [0, 0.1) is 5.92 Å². The lowest BCUT2D eigenvalue weighted by atomic mass is 9.97. The van der Waals surface area contributed by atoms with Gasteiger partial charge >= 0.3 is 0 Å². The zero-order valence-corrected chi connectivity index (χ0v) is 18.0. The molecule has 0 bridgehead atoms. The van der Waals surface area contributed by atoms with Crippen LogP contribution in [0.2, 0.25) is 0 Å². The molecule has 0 unspecified atom stereocenters. The molecule has 1 aromatic carbocycles. The Morgan fingerprint density at radius 2 is 1.74 bits per heavy atom. The van der Waals surface area contributed by atoms with E-state index in [0.29, 0.717) is 43.3 Å². The molecule has 1 saturated heterocycles. The number of benzene rings is 1. The van der Waals surface area contributed by atoms with Gasteiger partial charge in [-0.1, -0.05) is 26.0 Å². The van der Waals surface area contributed by atoms with Gasteiger partial charge in [-0.2, -0.15) is 4.31 Å². The number of hydrogen-bond acceptors (Lipinski definition) is 4. The van der Waals surface area contributed by atoms with Crippen molar-refractivity contribution in [2.75, 3.05) is 33.2 Å². The van der Waals surface area contributed by atoms with Gasteiger partial charge < -0.3 is 10.6 Å². The van der Waals surface area contributed by atoms with Gasteiger partial charge in [-0.15, -0.1) is 12.4 Å². The van der Waals surface area contributed by atoms with Crippen molar-refractivity contribution in [1.29, 1.82) is 0 Å². The Morgan fingerprint density at radius 3 is 2.26 bits per heavy atom. The van der Waals surface area contributed by atoms with Crippen molar-refractivity contribution >= 4 is 28.3 Å². The molecular weight excluding hydrogens is 386 g/mol. The van der Waals surface area contributed by atoms with Crippen LogP contribution in [0.15, 0.2) is 29.2 Å². The molecule has 1 heterocycles. The number of nitrogens with zero attached hydrogens (tertiary/aromatic N) is 1. The minimum absolute atomic E-state index is 0. The standard InChI is InChI=1S/C19H31N3O3S.ClH/c1-15(2)16-5-7-18(8-6-16)26(24,25)22-13-9-17(10-14-22)19(23)21-12-4-11-20-3;/h5-8,15,17,20H,4,9-14H2,1-3H3,(H,21,23);1H. The Bertz CT molecular complexity index is 685. The summed E-state index contributed by atoms with van der Waals surface area (Å²) in [4.78, 5) is 12.5. The third-order valence-corrected chi connectivity index (χ3v) is 6.82. The van der Waals surface area contributed by atoms with Gasteiger partial charge in [0.1, 0.15) is 0 Å². The van der Waals surface area contributed by atoms with Crippen molar-refractivity contribution in [2.45, 2.75) is 43.9 Å². The Balaban J connectivity index is 0.00000364. The number of amides is 1. The highest BCUT2D eigenvalue weighted by molar-refractivity contribution is 7.89. The number of piperidine rings is 1. The van der Waals surface area contributed by atoms with Crippen LogP contribution in [0.5, 0.6) is 0 Å². The van der Waals surface area contributed by atoms with Crippen LogP contribution in [-0.2, 0) is 14.8 Å². The fourth-order valence-corrected chi connectivity index (χ4v) is 4.62. The molecule has 0 spiro atoms. The monoisotopic (exact) mass is 417 g/mol. The molecule has 2 N–H and O–H groups in total. The van der Waals surface area contributed by atoms with E-state index in [4.69, 9.17) is 0 Å². The van der Waals surface area contributed by atoms with Crippen LogP contribution in [0.3, 0.4) is 0 Å². The van der Waals surface area contributed by atoms with E-state index >= 15 is 0 Å². The molecule has 1 fully saturated rings. The van der Waals surface area contributed by atoms with Gasteiger partial charge in [0.05, 0.1) is 4.90 Å². The summed E-state index contributed by atoms with van der Waals surface area (Å²) < 4.78 is 27.1. The molecule has 0 atom stereocenters. The molecule has 1 amide bonds. The van der Waals surface area contributed by atoms with Gasteiger partial charge in [-0.05, 0) is 56.5 Å². The predicted molar refractivity (Wildman–Crippen MR) is 111 cm³/mol. The maximum atomic E-state index is 12.8. The van der Waals surface area contributed by atoms with E-state index in [-0.39, 0.29) is 24.2 Å². The first-order chi connectivity index (χ1) is 12.4. The molecule has 0 radical (unpaired) electrons. The molecule has 8 heteroatoms. The van der Waals surface area contributed by atoms with Crippen LogP contribution < -0.4 is 10.6 Å². The molecule has 1 aliphatic heterocycles. The molecule has 0 aromatic heterocycles. The van der Waals surface area contributed by atoms with Crippen LogP contribution in [0.25, 0.3) is 0 Å². The van der Waals surface area contributed by atoms with E-state index in [9.17, 15) is 13.2 Å². The Labute approximate surface area is 169 Å². The third-order valence-electron chi connectivity index (χ3n) is 4.91. The molecule has 0 aliphatic carbocycles. The van der Waals surface area contributed by atoms with Gasteiger partial charge in [0.25, 0.3) is 0 Å². The molecule has 27 heavy (non-hydrogen) atoms. The van der Waals surface area contributed by atoms with Crippen molar-refractivity contribution in [3.8, 4) is 0 Å². The summed E-state index contributed by atoms with van der Waals surface area (Å²) in [6.07, 6.45) is 2.03. The first-order valence-corrected chi connectivity index (χ1v) is 10.8. The van der Waals surface area contributed by atoms with Crippen molar-refractivity contribution < 1.29 is 13.2 Å². The largest absolute Gasteiger partial charge is 0.356 e. The summed E-state index contributed by atoms with van der Waals surface area (Å²) >= 11 is 0. The molecule has 0 saturated carbocycles. The van der Waals surface area contributed by atoms with E-state index in [1.807, 2.05) is 19.2 Å². The van der Waals surface area contributed by atoms with Crippen LogP contribution in [0.4, 0.5) is 0 Å². The maximum absolute atomic E-state index is 12.8. The molecule has 154 valence electrons. The number of nitrogens with one attached hydrogen (secondary N) is 2. The van der Waals surface area contributed by atoms with E-state index in [2.05, 4.69) is 24.5 Å². The SMILES string of the molecule is CNCCCNC(=O)C1CCN(S(=O)(=O)c2ccc(C(C)C)cc2)CC1.Cl. The smallest absolute Gasteiger partial charge is 0.243 e. The summed E-state index contributed by atoms with van der Waals surface area (Å²) in [5.41, 5.74) is 1.12. The van der Waals surface area contributed by atoms with Crippen LogP contribution >= 0.6 is 12.4 Å². The summed E-state index contributed by atoms with van der Waals surface area (Å²) in [6.45, 7) is 6.47. The third kappa shape index (κ3) is 6.45. The summed E-state index contributed by atoms with van der Waals surface area (Å²) in [5, 5.41) is 5.99. The molecule has 1 aliphatic rings. The second-order valence-corrected chi connectivity index (χ2v) is 9.09. The fourth-order valence-electron chi connectivity index (χ4n) is 3.15. The number of carbonyl (C=O) groups excluding carboxylic acids is 1.